The lowest BCUT2D eigenvalue weighted by molar-refractivity contribution is 0.0697. The van der Waals surface area contributed by atoms with Gasteiger partial charge in [-0.2, -0.15) is 0 Å². The molecule has 4 rings (SSSR count). The van der Waals surface area contributed by atoms with Crippen molar-refractivity contribution >= 4 is 28.5 Å². The third-order valence-electron chi connectivity index (χ3n) is 5.23. The fraction of sp³-hybridized carbons (Fsp3) is 0.167. The molecule has 168 valence electrons. The van der Waals surface area contributed by atoms with Crippen LogP contribution >= 0.6 is 11.6 Å². The van der Waals surface area contributed by atoms with E-state index in [1.54, 1.807) is 60.2 Å². The summed E-state index contributed by atoms with van der Waals surface area (Å²) in [7, 11) is 0. The van der Waals surface area contributed by atoms with Crippen LogP contribution < -0.4 is 16.0 Å². The van der Waals surface area contributed by atoms with Crippen molar-refractivity contribution in [3.63, 3.8) is 0 Å². The van der Waals surface area contributed by atoms with Crippen molar-refractivity contribution in [3.8, 4) is 16.9 Å². The van der Waals surface area contributed by atoms with E-state index in [1.165, 1.54) is 6.07 Å². The van der Waals surface area contributed by atoms with Crippen LogP contribution in [-0.2, 0) is 13.1 Å². The Morgan fingerprint density at radius 1 is 1.21 bits per heavy atom. The van der Waals surface area contributed by atoms with E-state index >= 15 is 0 Å². The summed E-state index contributed by atoms with van der Waals surface area (Å²) in [6.07, 6.45) is 1.55. The van der Waals surface area contributed by atoms with Gasteiger partial charge in [-0.15, -0.1) is 0 Å². The number of pyridine rings is 1. The number of carboxylic acids is 1. The number of hydrogen-bond donors (Lipinski definition) is 2. The Bertz CT molecular complexity index is 1420. The topological polar surface area (TPSA) is 120 Å². The van der Waals surface area contributed by atoms with Gasteiger partial charge >= 0.3 is 5.97 Å². The molecule has 0 spiro atoms. The first-order valence-corrected chi connectivity index (χ1v) is 10.6. The summed E-state index contributed by atoms with van der Waals surface area (Å²) in [6.45, 7) is 2.44. The number of fused-ring (bicyclic) bond motifs is 1. The molecule has 33 heavy (non-hydrogen) atoms. The molecule has 2 aromatic carbocycles. The van der Waals surface area contributed by atoms with Gasteiger partial charge in [0.1, 0.15) is 18.2 Å². The average Bonchev–Trinajstić information content (AvgIpc) is 2.81. The first kappa shape index (κ1) is 22.4. The largest absolute Gasteiger partial charge is 0.491 e. The van der Waals surface area contributed by atoms with E-state index in [9.17, 15) is 14.7 Å². The van der Waals surface area contributed by atoms with Crippen molar-refractivity contribution in [2.45, 2.75) is 20.0 Å². The van der Waals surface area contributed by atoms with Crippen molar-refractivity contribution in [2.24, 2.45) is 5.73 Å². The summed E-state index contributed by atoms with van der Waals surface area (Å²) in [5.74, 6) is 0.0490. The van der Waals surface area contributed by atoms with Gasteiger partial charge in [0.25, 0.3) is 5.56 Å². The van der Waals surface area contributed by atoms with Gasteiger partial charge < -0.3 is 15.6 Å². The standard InChI is InChI=1S/C24H21ClN4O4/c1-14-28-21-13-27-18(12-26)11-20(21)23(30)29(14)7-8-33-22-6-5-17(25)10-19(22)15-3-2-4-16(9-15)24(31)32/h2-6,9-11,13H,7-8,12,26H2,1H3,(H,31,32). The third kappa shape index (κ3) is 4.72. The van der Waals surface area contributed by atoms with Gasteiger partial charge in [-0.3, -0.25) is 14.3 Å². The van der Waals surface area contributed by atoms with E-state index in [0.29, 0.717) is 44.3 Å². The number of hydrogen-bond acceptors (Lipinski definition) is 6. The lowest BCUT2D eigenvalue weighted by Gasteiger charge is -2.15. The van der Waals surface area contributed by atoms with Crippen molar-refractivity contribution in [2.75, 3.05) is 6.61 Å². The number of aromatic carboxylic acids is 1. The lowest BCUT2D eigenvalue weighted by Crippen LogP contribution is -2.27. The highest BCUT2D eigenvalue weighted by molar-refractivity contribution is 6.31. The Labute approximate surface area is 194 Å². The number of carbonyl (C=O) groups is 1. The van der Waals surface area contributed by atoms with Crippen molar-refractivity contribution in [1.29, 1.82) is 0 Å². The molecule has 3 N–H and O–H groups in total. The predicted octanol–water partition coefficient (Wildman–Crippen LogP) is 3.66. The number of nitrogens with two attached hydrogens (primary N) is 1. The lowest BCUT2D eigenvalue weighted by atomic mass is 10.0. The molecule has 2 heterocycles. The Kier molecular flexibility index (Phi) is 6.39. The van der Waals surface area contributed by atoms with Gasteiger partial charge in [0.2, 0.25) is 0 Å². The molecule has 0 aliphatic carbocycles. The normalized spacial score (nSPS) is 11.0. The van der Waals surface area contributed by atoms with E-state index < -0.39 is 5.97 Å². The monoisotopic (exact) mass is 464 g/mol. The second-order valence-corrected chi connectivity index (χ2v) is 7.82. The summed E-state index contributed by atoms with van der Waals surface area (Å²) in [6, 6.07) is 13.3. The molecule has 2 aromatic heterocycles. The summed E-state index contributed by atoms with van der Waals surface area (Å²) in [4.78, 5) is 33.0. The molecule has 0 radical (unpaired) electrons. The van der Waals surface area contributed by atoms with Crippen LogP contribution in [0.4, 0.5) is 0 Å². The summed E-state index contributed by atoms with van der Waals surface area (Å²) < 4.78 is 7.54. The number of ether oxygens (including phenoxy) is 1. The minimum absolute atomic E-state index is 0.161. The Balaban J connectivity index is 1.61. The number of halogens is 1. The second-order valence-electron chi connectivity index (χ2n) is 7.39. The minimum Gasteiger partial charge on any atom is -0.491 e. The predicted molar refractivity (Wildman–Crippen MR) is 126 cm³/mol. The van der Waals surface area contributed by atoms with Gasteiger partial charge in [0.05, 0.1) is 34.9 Å². The molecule has 0 amide bonds. The van der Waals surface area contributed by atoms with Crippen LogP contribution in [0.25, 0.3) is 22.0 Å². The molecule has 0 unspecified atom stereocenters. The number of aromatic nitrogens is 3. The molecule has 0 aliphatic heterocycles. The van der Waals surface area contributed by atoms with Gasteiger partial charge in [-0.1, -0.05) is 23.7 Å². The zero-order chi connectivity index (χ0) is 23.5. The van der Waals surface area contributed by atoms with Gasteiger partial charge in [-0.25, -0.2) is 9.78 Å². The molecule has 0 fully saturated rings. The van der Waals surface area contributed by atoms with Crippen LogP contribution in [0.1, 0.15) is 21.9 Å². The molecular weight excluding hydrogens is 444 g/mol. The van der Waals surface area contributed by atoms with Crippen LogP contribution in [0.5, 0.6) is 5.75 Å². The fourth-order valence-electron chi connectivity index (χ4n) is 3.57. The summed E-state index contributed by atoms with van der Waals surface area (Å²) >= 11 is 6.18. The van der Waals surface area contributed by atoms with E-state index in [-0.39, 0.29) is 30.8 Å². The maximum atomic E-state index is 13.0. The van der Waals surface area contributed by atoms with Crippen molar-refractivity contribution in [3.05, 3.63) is 87.2 Å². The van der Waals surface area contributed by atoms with Crippen LogP contribution in [0.3, 0.4) is 0 Å². The number of benzene rings is 2. The maximum absolute atomic E-state index is 13.0. The molecule has 0 saturated carbocycles. The first-order valence-electron chi connectivity index (χ1n) is 10.2. The SMILES string of the molecule is Cc1nc2cnc(CN)cc2c(=O)n1CCOc1ccc(Cl)cc1-c1cccc(C(=O)O)c1. The van der Waals surface area contributed by atoms with E-state index in [0.717, 1.165) is 0 Å². The van der Waals surface area contributed by atoms with Crippen LogP contribution in [0.2, 0.25) is 5.02 Å². The highest BCUT2D eigenvalue weighted by Crippen LogP contribution is 2.33. The second kappa shape index (κ2) is 9.40. The number of carboxylic acid groups (broad SMARTS) is 1. The molecule has 0 aliphatic rings. The van der Waals surface area contributed by atoms with Gasteiger partial charge in [-0.05, 0) is 48.9 Å². The molecule has 0 saturated heterocycles. The number of nitrogens with zero attached hydrogens (tertiary/aromatic N) is 3. The average molecular weight is 465 g/mol. The van der Waals surface area contributed by atoms with E-state index in [4.69, 9.17) is 22.1 Å². The number of aryl methyl sites for hydroxylation is 1. The highest BCUT2D eigenvalue weighted by atomic mass is 35.5. The molecule has 8 nitrogen and oxygen atoms in total. The Hall–Kier alpha value is -3.75. The molecule has 0 atom stereocenters. The van der Waals surface area contributed by atoms with Crippen LogP contribution in [0.15, 0.2) is 59.5 Å². The Morgan fingerprint density at radius 2 is 2.03 bits per heavy atom. The fourth-order valence-corrected chi connectivity index (χ4v) is 3.75. The van der Waals surface area contributed by atoms with Crippen molar-refractivity contribution in [1.82, 2.24) is 14.5 Å². The van der Waals surface area contributed by atoms with Gasteiger partial charge in [0, 0.05) is 17.1 Å². The van der Waals surface area contributed by atoms with E-state index in [1.807, 2.05) is 0 Å². The van der Waals surface area contributed by atoms with Crippen LogP contribution in [0, 0.1) is 6.92 Å². The zero-order valence-electron chi connectivity index (χ0n) is 17.8. The maximum Gasteiger partial charge on any atom is 0.335 e. The third-order valence-corrected chi connectivity index (χ3v) is 5.47. The van der Waals surface area contributed by atoms with Gasteiger partial charge in [0.15, 0.2) is 0 Å². The molecular formula is C24H21ClN4O4. The quantitative estimate of drug-likeness (QED) is 0.428. The smallest absolute Gasteiger partial charge is 0.335 e. The number of rotatable bonds is 7. The first-order chi connectivity index (χ1) is 15.9. The zero-order valence-corrected chi connectivity index (χ0v) is 18.5. The highest BCUT2D eigenvalue weighted by Gasteiger charge is 2.13. The van der Waals surface area contributed by atoms with Crippen LogP contribution in [-0.4, -0.2) is 32.2 Å². The summed E-state index contributed by atoms with van der Waals surface area (Å²) in [5.41, 5.74) is 8.07. The minimum atomic E-state index is -1.02. The molecule has 9 heteroatoms. The molecule has 4 aromatic rings. The van der Waals surface area contributed by atoms with E-state index in [2.05, 4.69) is 9.97 Å². The molecule has 0 bridgehead atoms. The van der Waals surface area contributed by atoms with Crippen molar-refractivity contribution < 1.29 is 14.6 Å². The summed E-state index contributed by atoms with van der Waals surface area (Å²) in [5, 5.41) is 10.2. The Morgan fingerprint density at radius 3 is 2.79 bits per heavy atom.